The molecule has 5 nitrogen and oxygen atoms in total. The van der Waals surface area contributed by atoms with Crippen LogP contribution in [0.1, 0.15) is 21.5 Å². The summed E-state index contributed by atoms with van der Waals surface area (Å²) in [6, 6.07) is 13.6. The third-order valence-electron chi connectivity index (χ3n) is 4.26. The summed E-state index contributed by atoms with van der Waals surface area (Å²) in [5.41, 5.74) is 1.02. The number of carbonyl (C=O) groups excluding carboxylic acids is 1. The molecule has 0 fully saturated rings. The number of hydrogen-bond donors (Lipinski definition) is 2. The van der Waals surface area contributed by atoms with E-state index in [1.54, 1.807) is 12.1 Å². The first-order valence-corrected chi connectivity index (χ1v) is 10.6. The quantitative estimate of drug-likeness (QED) is 0.573. The van der Waals surface area contributed by atoms with Crippen LogP contribution in [0.25, 0.3) is 0 Å². The second-order valence-corrected chi connectivity index (χ2v) is 8.73. The van der Waals surface area contributed by atoms with Crippen LogP contribution in [-0.4, -0.2) is 14.3 Å². The topological polar surface area (TPSA) is 75.3 Å². The van der Waals surface area contributed by atoms with Crippen molar-refractivity contribution in [1.29, 1.82) is 0 Å². The molecule has 0 unspecified atom stereocenters. The van der Waals surface area contributed by atoms with E-state index in [0.29, 0.717) is 0 Å². The van der Waals surface area contributed by atoms with Gasteiger partial charge >= 0.3 is 0 Å². The van der Waals surface area contributed by atoms with Crippen LogP contribution in [0.4, 0.5) is 14.5 Å². The summed E-state index contributed by atoms with van der Waals surface area (Å²) in [6.45, 7) is 1.94. The number of nitrogens with one attached hydrogen (secondary N) is 2. The number of rotatable bonds is 6. The predicted molar refractivity (Wildman–Crippen MR) is 111 cm³/mol. The van der Waals surface area contributed by atoms with Gasteiger partial charge in [0.2, 0.25) is 10.0 Å². The molecule has 2 N–H and O–H groups in total. The Kier molecular flexibility index (Phi) is 6.50. The summed E-state index contributed by atoms with van der Waals surface area (Å²) < 4.78 is 55.6. The van der Waals surface area contributed by atoms with Crippen molar-refractivity contribution in [3.8, 4) is 0 Å². The molecule has 156 valence electrons. The minimum atomic E-state index is -4.02. The molecule has 0 aliphatic rings. The molecule has 0 heterocycles. The van der Waals surface area contributed by atoms with Crippen LogP contribution >= 0.6 is 11.6 Å². The number of carbonyl (C=O) groups is 1. The Labute approximate surface area is 177 Å². The minimum Gasteiger partial charge on any atom is -0.319 e. The number of hydrogen-bond acceptors (Lipinski definition) is 3. The van der Waals surface area contributed by atoms with Crippen molar-refractivity contribution in [1.82, 2.24) is 4.72 Å². The first-order chi connectivity index (χ1) is 14.2. The monoisotopic (exact) mass is 450 g/mol. The van der Waals surface area contributed by atoms with Crippen LogP contribution < -0.4 is 10.0 Å². The van der Waals surface area contributed by atoms with Crippen molar-refractivity contribution in [2.24, 2.45) is 0 Å². The first-order valence-electron chi connectivity index (χ1n) is 8.77. The third-order valence-corrected chi connectivity index (χ3v) is 5.89. The van der Waals surface area contributed by atoms with E-state index in [1.165, 1.54) is 12.1 Å². The second kappa shape index (κ2) is 8.91. The lowest BCUT2D eigenvalue weighted by Gasteiger charge is -2.11. The molecule has 30 heavy (non-hydrogen) atoms. The molecule has 3 aromatic rings. The van der Waals surface area contributed by atoms with Gasteiger partial charge in [0.1, 0.15) is 11.6 Å². The molecule has 3 aromatic carbocycles. The van der Waals surface area contributed by atoms with Crippen LogP contribution in [0, 0.1) is 18.6 Å². The Morgan fingerprint density at radius 3 is 2.33 bits per heavy atom. The SMILES string of the molecule is Cc1ccc(CNS(=O)(=O)c2ccc(F)c(C(=O)Nc3ccc(Cl)cc3F)c2)cc1. The molecule has 0 bridgehead atoms. The van der Waals surface area contributed by atoms with Gasteiger partial charge in [0, 0.05) is 11.6 Å². The average Bonchev–Trinajstić information content (AvgIpc) is 2.70. The summed E-state index contributed by atoms with van der Waals surface area (Å²) in [7, 11) is -4.02. The van der Waals surface area contributed by atoms with E-state index >= 15 is 0 Å². The Bertz CT molecular complexity index is 1200. The van der Waals surface area contributed by atoms with Crippen LogP contribution in [0.2, 0.25) is 5.02 Å². The second-order valence-electron chi connectivity index (χ2n) is 6.53. The molecular formula is C21H17ClF2N2O3S. The van der Waals surface area contributed by atoms with Gasteiger partial charge in [-0.25, -0.2) is 21.9 Å². The smallest absolute Gasteiger partial charge is 0.258 e. The van der Waals surface area contributed by atoms with Gasteiger partial charge in [-0.1, -0.05) is 41.4 Å². The summed E-state index contributed by atoms with van der Waals surface area (Å²) in [6.07, 6.45) is 0. The first kappa shape index (κ1) is 21.9. The van der Waals surface area contributed by atoms with E-state index in [2.05, 4.69) is 10.0 Å². The molecule has 0 radical (unpaired) electrons. The van der Waals surface area contributed by atoms with Crippen molar-refractivity contribution in [3.05, 3.63) is 94.0 Å². The average molecular weight is 451 g/mol. The van der Waals surface area contributed by atoms with Crippen molar-refractivity contribution in [3.63, 3.8) is 0 Å². The number of aryl methyl sites for hydroxylation is 1. The number of amides is 1. The van der Waals surface area contributed by atoms with E-state index < -0.39 is 33.1 Å². The molecule has 0 atom stereocenters. The molecule has 0 aliphatic heterocycles. The molecule has 9 heteroatoms. The molecule has 3 rings (SSSR count). The van der Waals surface area contributed by atoms with Crippen LogP contribution in [0.15, 0.2) is 65.6 Å². The van der Waals surface area contributed by atoms with Gasteiger partial charge in [-0.3, -0.25) is 4.79 Å². The van der Waals surface area contributed by atoms with Crippen LogP contribution in [-0.2, 0) is 16.6 Å². The third kappa shape index (κ3) is 5.21. The highest BCUT2D eigenvalue weighted by Gasteiger charge is 2.20. The molecule has 0 saturated heterocycles. The Balaban J connectivity index is 1.80. The highest BCUT2D eigenvalue weighted by atomic mass is 35.5. The normalized spacial score (nSPS) is 11.3. The maximum Gasteiger partial charge on any atom is 0.258 e. The summed E-state index contributed by atoms with van der Waals surface area (Å²) >= 11 is 5.66. The zero-order chi connectivity index (χ0) is 21.9. The van der Waals surface area contributed by atoms with Crippen molar-refractivity contribution in [2.45, 2.75) is 18.4 Å². The van der Waals surface area contributed by atoms with Gasteiger partial charge in [0.05, 0.1) is 16.1 Å². The standard InChI is InChI=1S/C21H17ClF2N2O3S/c1-13-2-4-14(5-3-13)12-25-30(28,29)16-7-8-18(23)17(11-16)21(27)26-20-9-6-15(22)10-19(20)24/h2-11,25H,12H2,1H3,(H,26,27). The minimum absolute atomic E-state index is 0.0253. The van der Waals surface area contributed by atoms with Gasteiger partial charge < -0.3 is 5.32 Å². The zero-order valence-corrected chi connectivity index (χ0v) is 17.3. The summed E-state index contributed by atoms with van der Waals surface area (Å²) in [5, 5.41) is 2.34. The highest BCUT2D eigenvalue weighted by Crippen LogP contribution is 2.21. The van der Waals surface area contributed by atoms with E-state index in [0.717, 1.165) is 35.4 Å². The molecule has 0 aromatic heterocycles. The van der Waals surface area contributed by atoms with E-state index in [9.17, 15) is 22.0 Å². The molecule has 0 aliphatic carbocycles. The largest absolute Gasteiger partial charge is 0.319 e. The van der Waals surface area contributed by atoms with E-state index in [-0.39, 0.29) is 22.2 Å². The number of benzene rings is 3. The number of anilines is 1. The van der Waals surface area contributed by atoms with Crippen molar-refractivity contribution in [2.75, 3.05) is 5.32 Å². The fraction of sp³-hybridized carbons (Fsp3) is 0.0952. The van der Waals surface area contributed by atoms with Gasteiger partial charge in [-0.2, -0.15) is 0 Å². The lowest BCUT2D eigenvalue weighted by molar-refractivity contribution is 0.102. The lowest BCUT2D eigenvalue weighted by atomic mass is 10.2. The van der Waals surface area contributed by atoms with Crippen molar-refractivity contribution < 1.29 is 22.0 Å². The van der Waals surface area contributed by atoms with Crippen LogP contribution in [0.3, 0.4) is 0 Å². The van der Waals surface area contributed by atoms with Crippen molar-refractivity contribution >= 4 is 33.2 Å². The lowest BCUT2D eigenvalue weighted by Crippen LogP contribution is -2.24. The molecular weight excluding hydrogens is 434 g/mol. The fourth-order valence-electron chi connectivity index (χ4n) is 2.59. The number of sulfonamides is 1. The van der Waals surface area contributed by atoms with E-state index in [1.807, 2.05) is 19.1 Å². The Morgan fingerprint density at radius 1 is 0.967 bits per heavy atom. The maximum atomic E-state index is 14.2. The van der Waals surface area contributed by atoms with Crippen LogP contribution in [0.5, 0.6) is 0 Å². The predicted octanol–water partition coefficient (Wildman–Crippen LogP) is 4.66. The molecule has 0 spiro atoms. The molecule has 1 amide bonds. The highest BCUT2D eigenvalue weighted by molar-refractivity contribution is 7.89. The maximum absolute atomic E-state index is 14.2. The fourth-order valence-corrected chi connectivity index (χ4v) is 3.80. The Morgan fingerprint density at radius 2 is 1.67 bits per heavy atom. The summed E-state index contributed by atoms with van der Waals surface area (Å²) in [5.74, 6) is -2.75. The van der Waals surface area contributed by atoms with Gasteiger partial charge in [0.25, 0.3) is 5.91 Å². The van der Waals surface area contributed by atoms with E-state index in [4.69, 9.17) is 11.6 Å². The summed E-state index contributed by atoms with van der Waals surface area (Å²) in [4.78, 5) is 12.1. The van der Waals surface area contributed by atoms with Gasteiger partial charge in [-0.05, 0) is 48.9 Å². The Hall–Kier alpha value is -2.81. The number of halogens is 3. The van der Waals surface area contributed by atoms with Gasteiger partial charge in [0.15, 0.2) is 0 Å². The molecule has 0 saturated carbocycles. The van der Waals surface area contributed by atoms with Gasteiger partial charge in [-0.15, -0.1) is 0 Å². The zero-order valence-electron chi connectivity index (χ0n) is 15.7.